The number of amides is 2. The number of nitrogens with one attached hydrogen (secondary N) is 1. The third-order valence-corrected chi connectivity index (χ3v) is 4.71. The van der Waals surface area contributed by atoms with Gasteiger partial charge in [0.15, 0.2) is 0 Å². The average Bonchev–Trinajstić information content (AvgIpc) is 3.10. The van der Waals surface area contributed by atoms with Crippen LogP contribution in [0.5, 0.6) is 0 Å². The molecular formula is C16H16ClN5O2. The molecule has 1 aromatic carbocycles. The molecule has 1 aliphatic heterocycles. The number of para-hydroxylation sites is 1. The zero-order valence-corrected chi connectivity index (χ0v) is 13.6. The van der Waals surface area contributed by atoms with Gasteiger partial charge in [-0.05, 0) is 25.0 Å². The topological polar surface area (TPSA) is 80.1 Å². The second-order valence-corrected chi connectivity index (χ2v) is 6.55. The van der Waals surface area contributed by atoms with Gasteiger partial charge in [-0.15, -0.1) is 0 Å². The van der Waals surface area contributed by atoms with Crippen LogP contribution in [0.25, 0.3) is 5.69 Å². The molecule has 1 atom stereocenters. The maximum atomic E-state index is 12.6. The Morgan fingerprint density at radius 3 is 2.88 bits per heavy atom. The fourth-order valence-electron chi connectivity index (χ4n) is 3.05. The molecule has 7 nitrogen and oxygen atoms in total. The number of carbonyl (C=O) groups is 2. The van der Waals surface area contributed by atoms with E-state index in [-0.39, 0.29) is 24.2 Å². The molecule has 2 heterocycles. The normalized spacial score (nSPS) is 20.5. The van der Waals surface area contributed by atoms with Crippen molar-refractivity contribution in [1.29, 1.82) is 0 Å². The number of hydrogen-bond donors (Lipinski definition) is 1. The lowest BCUT2D eigenvalue weighted by Crippen LogP contribution is -2.30. The predicted octanol–water partition coefficient (Wildman–Crippen LogP) is 1.87. The summed E-state index contributed by atoms with van der Waals surface area (Å²) in [6.07, 6.45) is 5.28. The van der Waals surface area contributed by atoms with Gasteiger partial charge < -0.3 is 10.2 Å². The van der Waals surface area contributed by atoms with Gasteiger partial charge in [0, 0.05) is 19.0 Å². The number of hydrogen-bond acceptors (Lipinski definition) is 4. The van der Waals surface area contributed by atoms with Crippen molar-refractivity contribution in [1.82, 2.24) is 19.7 Å². The number of anilines is 1. The van der Waals surface area contributed by atoms with Gasteiger partial charge in [-0.1, -0.05) is 17.7 Å². The van der Waals surface area contributed by atoms with E-state index in [2.05, 4.69) is 15.4 Å². The van der Waals surface area contributed by atoms with Crippen molar-refractivity contribution in [2.75, 3.05) is 11.9 Å². The SMILES string of the molecule is O=C(Nc1cccc(Cl)c1-n1cncn1)C1CC(=O)N(C2CC2)C1. The Balaban J connectivity index is 1.54. The molecule has 4 rings (SSSR count). The van der Waals surface area contributed by atoms with Crippen LogP contribution in [-0.4, -0.2) is 44.1 Å². The Kier molecular flexibility index (Phi) is 3.72. The number of carbonyl (C=O) groups excluding carboxylic acids is 2. The maximum absolute atomic E-state index is 12.6. The molecule has 1 aliphatic carbocycles. The number of benzene rings is 1. The van der Waals surface area contributed by atoms with E-state index >= 15 is 0 Å². The average molecular weight is 346 g/mol. The molecule has 124 valence electrons. The highest BCUT2D eigenvalue weighted by Gasteiger charge is 2.41. The standard InChI is InChI=1S/C16H16ClN5O2/c17-12-2-1-3-13(15(12)22-9-18-8-19-22)20-16(24)10-6-14(23)21(7-10)11-4-5-11/h1-3,8-11H,4-7H2,(H,20,24). The summed E-state index contributed by atoms with van der Waals surface area (Å²) in [5.74, 6) is -0.434. The first kappa shape index (κ1) is 15.1. The Bertz CT molecular complexity index is 788. The van der Waals surface area contributed by atoms with Gasteiger partial charge in [-0.2, -0.15) is 5.10 Å². The molecule has 2 aromatic rings. The van der Waals surface area contributed by atoms with Gasteiger partial charge in [0.2, 0.25) is 11.8 Å². The first-order valence-electron chi connectivity index (χ1n) is 7.87. The summed E-state index contributed by atoms with van der Waals surface area (Å²) in [5, 5.41) is 7.43. The Morgan fingerprint density at radius 1 is 1.33 bits per heavy atom. The highest BCUT2D eigenvalue weighted by Crippen LogP contribution is 2.34. The minimum atomic E-state index is -0.333. The van der Waals surface area contributed by atoms with Crippen LogP contribution >= 0.6 is 11.6 Å². The maximum Gasteiger partial charge on any atom is 0.229 e. The first-order chi connectivity index (χ1) is 11.6. The van der Waals surface area contributed by atoms with E-state index in [1.54, 1.807) is 18.2 Å². The molecule has 24 heavy (non-hydrogen) atoms. The van der Waals surface area contributed by atoms with Gasteiger partial charge in [-0.25, -0.2) is 9.67 Å². The Labute approximate surface area is 143 Å². The highest BCUT2D eigenvalue weighted by molar-refractivity contribution is 6.33. The summed E-state index contributed by atoms with van der Waals surface area (Å²) >= 11 is 6.26. The van der Waals surface area contributed by atoms with Crippen LogP contribution in [0.4, 0.5) is 5.69 Å². The van der Waals surface area contributed by atoms with Crippen LogP contribution < -0.4 is 5.32 Å². The van der Waals surface area contributed by atoms with E-state index in [0.29, 0.717) is 29.0 Å². The summed E-state index contributed by atoms with van der Waals surface area (Å²) in [4.78, 5) is 30.4. The zero-order valence-electron chi connectivity index (χ0n) is 12.9. The first-order valence-corrected chi connectivity index (χ1v) is 8.25. The van der Waals surface area contributed by atoms with Crippen molar-refractivity contribution in [3.05, 3.63) is 35.9 Å². The van der Waals surface area contributed by atoms with Crippen molar-refractivity contribution in [3.63, 3.8) is 0 Å². The third kappa shape index (κ3) is 2.75. The molecule has 2 amide bonds. The van der Waals surface area contributed by atoms with E-state index < -0.39 is 0 Å². The largest absolute Gasteiger partial charge is 0.339 e. The number of likely N-dealkylation sites (tertiary alicyclic amines) is 1. The monoisotopic (exact) mass is 345 g/mol. The van der Waals surface area contributed by atoms with Crippen LogP contribution in [0.3, 0.4) is 0 Å². The smallest absolute Gasteiger partial charge is 0.229 e. The molecular weight excluding hydrogens is 330 g/mol. The summed E-state index contributed by atoms with van der Waals surface area (Å²) in [5.41, 5.74) is 1.11. The number of halogens is 1. The van der Waals surface area contributed by atoms with E-state index in [1.807, 2.05) is 4.90 Å². The van der Waals surface area contributed by atoms with Crippen molar-refractivity contribution in [2.24, 2.45) is 5.92 Å². The van der Waals surface area contributed by atoms with Gasteiger partial charge in [-0.3, -0.25) is 9.59 Å². The minimum Gasteiger partial charge on any atom is -0.339 e. The molecule has 1 unspecified atom stereocenters. The molecule has 8 heteroatoms. The fourth-order valence-corrected chi connectivity index (χ4v) is 3.32. The van der Waals surface area contributed by atoms with Crippen molar-refractivity contribution >= 4 is 29.1 Å². The van der Waals surface area contributed by atoms with Gasteiger partial charge in [0.1, 0.15) is 18.3 Å². The van der Waals surface area contributed by atoms with Crippen LogP contribution in [0, 0.1) is 5.92 Å². The Hall–Kier alpha value is -2.41. The molecule has 1 N–H and O–H groups in total. The summed E-state index contributed by atoms with van der Waals surface area (Å²) < 4.78 is 1.51. The molecule has 0 spiro atoms. The Morgan fingerprint density at radius 2 is 2.17 bits per heavy atom. The third-order valence-electron chi connectivity index (χ3n) is 4.41. The van der Waals surface area contributed by atoms with E-state index in [4.69, 9.17) is 11.6 Å². The number of nitrogens with zero attached hydrogens (tertiary/aromatic N) is 4. The van der Waals surface area contributed by atoms with Gasteiger partial charge in [0.25, 0.3) is 0 Å². The molecule has 0 bridgehead atoms. The van der Waals surface area contributed by atoms with Crippen LogP contribution in [0.2, 0.25) is 5.02 Å². The van der Waals surface area contributed by atoms with Gasteiger partial charge >= 0.3 is 0 Å². The van der Waals surface area contributed by atoms with Gasteiger partial charge in [0.05, 0.1) is 16.6 Å². The summed E-state index contributed by atoms with van der Waals surface area (Å²) in [7, 11) is 0. The van der Waals surface area contributed by atoms with Crippen LogP contribution in [0.15, 0.2) is 30.9 Å². The van der Waals surface area contributed by atoms with E-state index in [0.717, 1.165) is 12.8 Å². The van der Waals surface area contributed by atoms with Crippen LogP contribution in [-0.2, 0) is 9.59 Å². The zero-order chi connectivity index (χ0) is 16.7. The van der Waals surface area contributed by atoms with E-state index in [1.165, 1.54) is 17.3 Å². The summed E-state index contributed by atoms with van der Waals surface area (Å²) in [6.45, 7) is 0.495. The second kappa shape index (κ2) is 5.90. The lowest BCUT2D eigenvalue weighted by atomic mass is 10.1. The van der Waals surface area contributed by atoms with Crippen molar-refractivity contribution in [3.8, 4) is 5.69 Å². The molecule has 2 fully saturated rings. The van der Waals surface area contributed by atoms with Crippen molar-refractivity contribution < 1.29 is 9.59 Å². The molecule has 2 aliphatic rings. The molecule has 1 aromatic heterocycles. The highest BCUT2D eigenvalue weighted by atomic mass is 35.5. The summed E-state index contributed by atoms with van der Waals surface area (Å²) in [6, 6.07) is 5.58. The quantitative estimate of drug-likeness (QED) is 0.917. The number of aromatic nitrogens is 3. The lowest BCUT2D eigenvalue weighted by molar-refractivity contribution is -0.128. The second-order valence-electron chi connectivity index (χ2n) is 6.14. The lowest BCUT2D eigenvalue weighted by Gasteiger charge is -2.16. The molecule has 1 saturated heterocycles. The fraction of sp³-hybridized carbons (Fsp3) is 0.375. The molecule has 1 saturated carbocycles. The predicted molar refractivity (Wildman–Crippen MR) is 87.8 cm³/mol. The van der Waals surface area contributed by atoms with E-state index in [9.17, 15) is 9.59 Å². The number of rotatable bonds is 4. The van der Waals surface area contributed by atoms with Crippen molar-refractivity contribution in [2.45, 2.75) is 25.3 Å². The minimum absolute atomic E-state index is 0.0697. The van der Waals surface area contributed by atoms with Crippen LogP contribution in [0.1, 0.15) is 19.3 Å². The molecule has 0 radical (unpaired) electrons.